The first-order valence-electron chi connectivity index (χ1n) is 8.33. The van der Waals surface area contributed by atoms with Crippen molar-refractivity contribution in [1.82, 2.24) is 15.0 Å². The molecule has 3 aromatic rings. The number of pyridine rings is 1. The van der Waals surface area contributed by atoms with Crippen LogP contribution in [0.5, 0.6) is 0 Å². The number of nitrogens with one attached hydrogen (secondary N) is 2. The normalized spacial score (nSPS) is 11.8. The van der Waals surface area contributed by atoms with Gasteiger partial charge in [-0.25, -0.2) is 9.37 Å². The van der Waals surface area contributed by atoms with E-state index in [9.17, 15) is 4.39 Å². The molecule has 0 bridgehead atoms. The van der Waals surface area contributed by atoms with Crippen molar-refractivity contribution in [2.24, 2.45) is 0 Å². The molecular weight excluding hydrogens is 444 g/mol. The largest absolute Gasteiger partial charge is 0.352 e. The van der Waals surface area contributed by atoms with Crippen LogP contribution in [0.4, 0.5) is 21.8 Å². The molecule has 3 rings (SSSR count). The van der Waals surface area contributed by atoms with E-state index in [4.69, 9.17) is 0 Å². The second-order valence-electron chi connectivity index (χ2n) is 5.91. The third kappa shape index (κ3) is 4.66. The Hall–Kier alpha value is -2.29. The number of halogens is 2. The molecule has 134 valence electrons. The van der Waals surface area contributed by atoms with Crippen molar-refractivity contribution in [3.8, 4) is 11.3 Å². The van der Waals surface area contributed by atoms with Crippen LogP contribution in [0.1, 0.15) is 20.3 Å². The van der Waals surface area contributed by atoms with Crippen LogP contribution in [0.25, 0.3) is 11.3 Å². The van der Waals surface area contributed by atoms with Crippen molar-refractivity contribution >= 4 is 40.0 Å². The number of nitrogens with zero attached hydrogens (tertiary/aromatic N) is 3. The molecule has 2 heterocycles. The smallest absolute Gasteiger partial charge is 0.225 e. The Morgan fingerprint density at radius 3 is 2.73 bits per heavy atom. The van der Waals surface area contributed by atoms with Crippen LogP contribution >= 0.6 is 22.6 Å². The fourth-order valence-electron chi connectivity index (χ4n) is 2.29. The zero-order valence-electron chi connectivity index (χ0n) is 14.5. The molecule has 0 spiro atoms. The van der Waals surface area contributed by atoms with E-state index in [-0.39, 0.29) is 11.9 Å². The highest BCUT2D eigenvalue weighted by Gasteiger charge is 2.11. The summed E-state index contributed by atoms with van der Waals surface area (Å²) in [6.45, 7) is 4.15. The van der Waals surface area contributed by atoms with Crippen LogP contribution in [-0.2, 0) is 0 Å². The molecular formula is C19H19FIN5. The Kier molecular flexibility index (Phi) is 5.97. The number of benzene rings is 1. The van der Waals surface area contributed by atoms with Crippen LogP contribution in [0, 0.1) is 9.39 Å². The van der Waals surface area contributed by atoms with Crippen molar-refractivity contribution in [1.29, 1.82) is 0 Å². The average molecular weight is 463 g/mol. The first kappa shape index (κ1) is 18.5. The summed E-state index contributed by atoms with van der Waals surface area (Å²) in [7, 11) is 0. The van der Waals surface area contributed by atoms with Crippen LogP contribution < -0.4 is 10.6 Å². The molecule has 0 amide bonds. The highest BCUT2D eigenvalue weighted by atomic mass is 127. The second kappa shape index (κ2) is 8.39. The van der Waals surface area contributed by atoms with Gasteiger partial charge in [0.1, 0.15) is 11.6 Å². The lowest BCUT2D eigenvalue weighted by molar-refractivity contribution is 0.631. The number of hydrogen-bond acceptors (Lipinski definition) is 5. The van der Waals surface area contributed by atoms with Crippen LogP contribution in [-0.4, -0.2) is 21.0 Å². The first-order chi connectivity index (χ1) is 12.5. The van der Waals surface area contributed by atoms with Gasteiger partial charge in [0, 0.05) is 33.6 Å². The Bertz CT molecular complexity index is 888. The molecule has 0 aliphatic heterocycles. The van der Waals surface area contributed by atoms with E-state index in [0.29, 0.717) is 23.1 Å². The summed E-state index contributed by atoms with van der Waals surface area (Å²) in [6, 6.07) is 10.8. The monoisotopic (exact) mass is 463 g/mol. The Labute approximate surface area is 165 Å². The molecule has 7 heteroatoms. The highest BCUT2D eigenvalue weighted by molar-refractivity contribution is 14.1. The molecule has 0 aliphatic carbocycles. The summed E-state index contributed by atoms with van der Waals surface area (Å²) in [6.07, 6.45) is 4.39. The molecule has 0 saturated carbocycles. The molecule has 1 aromatic carbocycles. The summed E-state index contributed by atoms with van der Waals surface area (Å²) < 4.78 is 15.0. The quantitative estimate of drug-likeness (QED) is 0.490. The minimum atomic E-state index is -0.324. The van der Waals surface area contributed by atoms with Gasteiger partial charge in [0.15, 0.2) is 0 Å². The van der Waals surface area contributed by atoms with Gasteiger partial charge < -0.3 is 10.6 Å². The van der Waals surface area contributed by atoms with E-state index >= 15 is 0 Å². The third-order valence-corrected chi connectivity index (χ3v) is 4.54. The Balaban J connectivity index is 1.98. The predicted molar refractivity (Wildman–Crippen MR) is 111 cm³/mol. The maximum Gasteiger partial charge on any atom is 0.225 e. The molecule has 0 aliphatic rings. The van der Waals surface area contributed by atoms with Crippen LogP contribution in [0.15, 0.2) is 48.8 Å². The predicted octanol–water partition coefficient (Wildman–Crippen LogP) is 5.24. The topological polar surface area (TPSA) is 62.7 Å². The molecule has 5 nitrogen and oxygen atoms in total. The van der Waals surface area contributed by atoms with Gasteiger partial charge in [0.05, 0.1) is 11.4 Å². The summed E-state index contributed by atoms with van der Waals surface area (Å²) >= 11 is 2.08. The van der Waals surface area contributed by atoms with Crippen molar-refractivity contribution in [3.63, 3.8) is 0 Å². The lowest BCUT2D eigenvalue weighted by Gasteiger charge is -2.15. The van der Waals surface area contributed by atoms with Gasteiger partial charge in [-0.15, -0.1) is 0 Å². The van der Waals surface area contributed by atoms with Gasteiger partial charge in [-0.3, -0.25) is 4.98 Å². The van der Waals surface area contributed by atoms with Gasteiger partial charge in [-0.2, -0.15) is 4.98 Å². The van der Waals surface area contributed by atoms with Crippen LogP contribution in [0.3, 0.4) is 0 Å². The molecule has 2 aromatic heterocycles. The fraction of sp³-hybridized carbons (Fsp3) is 0.211. The Morgan fingerprint density at radius 2 is 2.04 bits per heavy atom. The Morgan fingerprint density at radius 1 is 1.19 bits per heavy atom. The molecule has 1 atom stereocenters. The molecule has 26 heavy (non-hydrogen) atoms. The lowest BCUT2D eigenvalue weighted by atomic mass is 10.2. The number of rotatable bonds is 6. The van der Waals surface area contributed by atoms with Crippen molar-refractivity contribution < 1.29 is 4.39 Å². The van der Waals surface area contributed by atoms with Gasteiger partial charge in [-0.1, -0.05) is 6.92 Å². The van der Waals surface area contributed by atoms with Crippen molar-refractivity contribution in [3.05, 3.63) is 58.2 Å². The minimum absolute atomic E-state index is 0.224. The second-order valence-corrected chi connectivity index (χ2v) is 7.15. The summed E-state index contributed by atoms with van der Waals surface area (Å²) in [4.78, 5) is 13.2. The maximum atomic E-state index is 14.2. The average Bonchev–Trinajstić information content (AvgIpc) is 2.64. The standard InChI is InChI=1S/C19H19FIN5/c1-3-12(2)23-19-25-17(13-5-4-8-22-11-13)10-18(26-19)24-16-7-6-14(21)9-15(16)20/h4-12H,3H2,1-2H3,(H2,23,24,25,26)/t12-/m0/s1. The minimum Gasteiger partial charge on any atom is -0.352 e. The molecule has 2 N–H and O–H groups in total. The summed E-state index contributed by atoms with van der Waals surface area (Å²) in [5, 5.41) is 6.33. The molecule has 0 unspecified atom stereocenters. The van der Waals surface area contributed by atoms with Gasteiger partial charge in [0.25, 0.3) is 0 Å². The van der Waals surface area contributed by atoms with E-state index in [1.807, 2.05) is 18.2 Å². The number of anilines is 3. The summed E-state index contributed by atoms with van der Waals surface area (Å²) in [5.41, 5.74) is 1.95. The van der Waals surface area contributed by atoms with E-state index in [1.165, 1.54) is 6.07 Å². The maximum absolute atomic E-state index is 14.2. The molecule has 0 fully saturated rings. The zero-order valence-corrected chi connectivity index (χ0v) is 16.7. The lowest BCUT2D eigenvalue weighted by Crippen LogP contribution is -2.16. The highest BCUT2D eigenvalue weighted by Crippen LogP contribution is 2.25. The van der Waals surface area contributed by atoms with E-state index in [2.05, 4.69) is 62.0 Å². The van der Waals surface area contributed by atoms with Crippen LogP contribution in [0.2, 0.25) is 0 Å². The summed E-state index contributed by atoms with van der Waals surface area (Å²) in [5.74, 6) is 0.689. The first-order valence-corrected chi connectivity index (χ1v) is 9.41. The molecule has 0 radical (unpaired) electrons. The fourth-order valence-corrected chi connectivity index (χ4v) is 2.74. The number of aromatic nitrogens is 3. The van der Waals surface area contributed by atoms with Gasteiger partial charge in [-0.05, 0) is 66.3 Å². The van der Waals surface area contributed by atoms with E-state index in [0.717, 1.165) is 15.6 Å². The SMILES string of the molecule is CC[C@H](C)Nc1nc(Nc2ccc(I)cc2F)cc(-c2cccnc2)n1. The van der Waals surface area contributed by atoms with Gasteiger partial charge in [0.2, 0.25) is 5.95 Å². The zero-order chi connectivity index (χ0) is 18.5. The van der Waals surface area contributed by atoms with Gasteiger partial charge >= 0.3 is 0 Å². The number of hydrogen-bond donors (Lipinski definition) is 2. The van der Waals surface area contributed by atoms with E-state index < -0.39 is 0 Å². The van der Waals surface area contributed by atoms with E-state index in [1.54, 1.807) is 24.5 Å². The van der Waals surface area contributed by atoms with Crippen molar-refractivity contribution in [2.45, 2.75) is 26.3 Å². The van der Waals surface area contributed by atoms with Crippen molar-refractivity contribution in [2.75, 3.05) is 10.6 Å². The third-order valence-electron chi connectivity index (χ3n) is 3.87. The molecule has 0 saturated heterocycles.